The topological polar surface area (TPSA) is 170 Å². The summed E-state index contributed by atoms with van der Waals surface area (Å²) in [6.07, 6.45) is 0.588. The summed E-state index contributed by atoms with van der Waals surface area (Å²) < 4.78 is 21.2. The Morgan fingerprint density at radius 1 is 1.03 bits per heavy atom. The number of ether oxygens (including phenoxy) is 4. The summed E-state index contributed by atoms with van der Waals surface area (Å²) >= 11 is 0. The normalized spacial score (nSPS) is 13.3. The van der Waals surface area contributed by atoms with Crippen molar-refractivity contribution in [1.29, 1.82) is 0 Å². The van der Waals surface area contributed by atoms with Crippen LogP contribution in [0.5, 0.6) is 5.75 Å². The first-order chi connectivity index (χ1) is 18.0. The lowest BCUT2D eigenvalue weighted by molar-refractivity contribution is -0.125. The van der Waals surface area contributed by atoms with Crippen LogP contribution in [0.3, 0.4) is 0 Å². The molecule has 37 heavy (non-hydrogen) atoms. The minimum Gasteiger partial charge on any atom is -0.483 e. The Hall–Kier alpha value is -3.39. The fourth-order valence-electron chi connectivity index (χ4n) is 3.51. The second-order valence-electron chi connectivity index (χ2n) is 7.73. The summed E-state index contributed by atoms with van der Waals surface area (Å²) in [5.74, 6) is -2.39. The van der Waals surface area contributed by atoms with Gasteiger partial charge in [0.1, 0.15) is 18.1 Å². The number of aliphatic hydroxyl groups is 1. The molecule has 0 bridgehead atoms. The lowest BCUT2D eigenvalue weighted by atomic mass is 10.1. The number of carbonyl (C=O) groups is 5. The molecule has 0 saturated carbocycles. The van der Waals surface area contributed by atoms with Crippen LogP contribution in [0.1, 0.15) is 33.6 Å². The number of likely N-dealkylation sites (N-methyl/N-ethyl adjacent to an activating group) is 1. The molecule has 3 N–H and O–H groups in total. The quantitative estimate of drug-likeness (QED) is 0.115. The van der Waals surface area contributed by atoms with Crippen LogP contribution in [0, 0.1) is 0 Å². The lowest BCUT2D eigenvalue weighted by Gasteiger charge is -2.24. The van der Waals surface area contributed by atoms with E-state index < -0.39 is 36.3 Å². The number of benzene rings is 1. The number of hydrogen-bond donors (Lipinski definition) is 3. The predicted molar refractivity (Wildman–Crippen MR) is 128 cm³/mol. The zero-order valence-electron chi connectivity index (χ0n) is 20.7. The summed E-state index contributed by atoms with van der Waals surface area (Å²) in [4.78, 5) is 62.1. The molecule has 1 heterocycles. The fourth-order valence-corrected chi connectivity index (χ4v) is 3.51. The molecule has 0 spiro atoms. The molecule has 204 valence electrons. The predicted octanol–water partition coefficient (Wildman–Crippen LogP) is -1.09. The van der Waals surface area contributed by atoms with Gasteiger partial charge in [0, 0.05) is 20.0 Å². The molecule has 1 aliphatic rings. The molecule has 13 heteroatoms. The fraction of sp³-hybridized carbons (Fsp3) is 0.542. The molecule has 2 rings (SSSR count). The lowest BCUT2D eigenvalue weighted by Crippen LogP contribution is -2.48. The van der Waals surface area contributed by atoms with Crippen LogP contribution >= 0.6 is 0 Å². The van der Waals surface area contributed by atoms with Crippen molar-refractivity contribution in [3.63, 3.8) is 0 Å². The van der Waals surface area contributed by atoms with E-state index in [0.29, 0.717) is 32.7 Å². The number of rotatable bonds is 19. The Balaban J connectivity index is 1.81. The van der Waals surface area contributed by atoms with Gasteiger partial charge in [0.15, 0.2) is 6.61 Å². The molecule has 1 atom stereocenters. The largest absolute Gasteiger partial charge is 0.483 e. The van der Waals surface area contributed by atoms with Gasteiger partial charge in [-0.1, -0.05) is 6.07 Å². The van der Waals surface area contributed by atoms with Gasteiger partial charge in [-0.25, -0.2) is 0 Å². The maximum Gasteiger partial charge on any atom is 0.266 e. The molecule has 0 aliphatic carbocycles. The van der Waals surface area contributed by atoms with E-state index in [2.05, 4.69) is 10.6 Å². The van der Waals surface area contributed by atoms with Gasteiger partial charge in [0.25, 0.3) is 17.7 Å². The molecule has 13 nitrogen and oxygen atoms in total. The Kier molecular flexibility index (Phi) is 13.2. The molecule has 0 saturated heterocycles. The third-order valence-corrected chi connectivity index (χ3v) is 5.23. The van der Waals surface area contributed by atoms with Crippen LogP contribution in [-0.4, -0.2) is 112 Å². The SMILES string of the molecule is CNC(=O)C(CCC=O)N1C(=O)c2cccc(OCC(=O)NCCOCCOCCOCCO)c2C1=O. The molecule has 1 aromatic rings. The van der Waals surface area contributed by atoms with E-state index in [1.54, 1.807) is 0 Å². The molecular formula is C24H33N3O10. The maximum absolute atomic E-state index is 13.1. The van der Waals surface area contributed by atoms with Crippen LogP contribution in [0.4, 0.5) is 0 Å². The van der Waals surface area contributed by atoms with E-state index in [0.717, 1.165) is 4.90 Å². The average molecular weight is 524 g/mol. The number of amides is 4. The van der Waals surface area contributed by atoms with Crippen LogP contribution in [0.25, 0.3) is 0 Å². The Bertz CT molecular complexity index is 939. The molecule has 0 fully saturated rings. The summed E-state index contributed by atoms with van der Waals surface area (Å²) in [5.41, 5.74) is 0.0175. The van der Waals surface area contributed by atoms with Gasteiger partial charge in [-0.2, -0.15) is 0 Å². The first kappa shape index (κ1) is 29.8. The second kappa shape index (κ2) is 16.4. The van der Waals surface area contributed by atoms with Crippen molar-refractivity contribution >= 4 is 29.9 Å². The van der Waals surface area contributed by atoms with Crippen molar-refractivity contribution in [3.05, 3.63) is 29.3 Å². The highest BCUT2D eigenvalue weighted by molar-refractivity contribution is 6.24. The standard InChI is InChI=1S/C24H33N3O10/c1-25-22(31)18(5-3-8-28)27-23(32)17-4-2-6-19(21(17)24(27)33)37-16-20(30)26-7-10-34-12-14-36-15-13-35-11-9-29/h2,4,6,8,18,29H,3,5,7,9-16H2,1H3,(H,25,31)(H,26,30). The molecule has 0 aromatic heterocycles. The first-order valence-corrected chi connectivity index (χ1v) is 11.9. The summed E-state index contributed by atoms with van der Waals surface area (Å²) in [6, 6.07) is 3.25. The Labute approximate surface area is 214 Å². The molecule has 1 aliphatic heterocycles. The minimum absolute atomic E-state index is 0.00779. The van der Waals surface area contributed by atoms with Gasteiger partial charge in [-0.05, 0) is 18.6 Å². The zero-order chi connectivity index (χ0) is 27.0. The number of fused-ring (bicyclic) bond motifs is 1. The number of hydrogen-bond acceptors (Lipinski definition) is 10. The van der Waals surface area contributed by atoms with E-state index in [1.807, 2.05) is 0 Å². The third-order valence-electron chi connectivity index (χ3n) is 5.23. The van der Waals surface area contributed by atoms with Crippen LogP contribution < -0.4 is 15.4 Å². The van der Waals surface area contributed by atoms with Crippen molar-refractivity contribution in [2.45, 2.75) is 18.9 Å². The smallest absolute Gasteiger partial charge is 0.266 e. The minimum atomic E-state index is -1.15. The Morgan fingerprint density at radius 3 is 2.35 bits per heavy atom. The summed E-state index contributed by atoms with van der Waals surface area (Å²) in [7, 11) is 1.37. The van der Waals surface area contributed by atoms with Gasteiger partial charge in [-0.15, -0.1) is 0 Å². The van der Waals surface area contributed by atoms with Gasteiger partial charge < -0.3 is 39.5 Å². The number of nitrogens with zero attached hydrogens (tertiary/aromatic N) is 1. The summed E-state index contributed by atoms with van der Waals surface area (Å²) in [6.45, 7) is 1.77. The number of carbonyl (C=O) groups excluding carboxylic acids is 5. The number of aliphatic hydroxyl groups excluding tert-OH is 1. The van der Waals surface area contributed by atoms with Crippen molar-refractivity contribution < 1.29 is 48.0 Å². The van der Waals surface area contributed by atoms with Gasteiger partial charge in [0.05, 0.1) is 57.4 Å². The molecule has 0 radical (unpaired) electrons. The van der Waals surface area contributed by atoms with Gasteiger partial charge >= 0.3 is 0 Å². The van der Waals surface area contributed by atoms with Crippen molar-refractivity contribution in [2.75, 3.05) is 66.4 Å². The van der Waals surface area contributed by atoms with Crippen LogP contribution in [0.15, 0.2) is 18.2 Å². The number of nitrogens with one attached hydrogen (secondary N) is 2. The number of aldehydes is 1. The zero-order valence-corrected chi connectivity index (χ0v) is 20.7. The Morgan fingerprint density at radius 2 is 1.70 bits per heavy atom. The molecular weight excluding hydrogens is 490 g/mol. The van der Waals surface area contributed by atoms with E-state index >= 15 is 0 Å². The second-order valence-corrected chi connectivity index (χ2v) is 7.73. The number of imide groups is 1. The third kappa shape index (κ3) is 8.89. The highest BCUT2D eigenvalue weighted by Gasteiger charge is 2.44. The van der Waals surface area contributed by atoms with Crippen molar-refractivity contribution in [2.24, 2.45) is 0 Å². The van der Waals surface area contributed by atoms with Gasteiger partial charge in [0.2, 0.25) is 5.91 Å². The van der Waals surface area contributed by atoms with E-state index in [9.17, 15) is 24.0 Å². The average Bonchev–Trinajstić information content (AvgIpc) is 3.16. The maximum atomic E-state index is 13.1. The van der Waals surface area contributed by atoms with Crippen molar-refractivity contribution in [1.82, 2.24) is 15.5 Å². The van der Waals surface area contributed by atoms with E-state index in [4.69, 9.17) is 24.1 Å². The van der Waals surface area contributed by atoms with E-state index in [-0.39, 0.29) is 56.1 Å². The highest BCUT2D eigenvalue weighted by atomic mass is 16.5. The van der Waals surface area contributed by atoms with Crippen molar-refractivity contribution in [3.8, 4) is 5.75 Å². The van der Waals surface area contributed by atoms with Crippen LogP contribution in [0.2, 0.25) is 0 Å². The van der Waals surface area contributed by atoms with Gasteiger partial charge in [-0.3, -0.25) is 24.1 Å². The molecule has 1 unspecified atom stereocenters. The monoisotopic (exact) mass is 523 g/mol. The van der Waals surface area contributed by atoms with E-state index in [1.165, 1.54) is 25.2 Å². The molecule has 1 aromatic carbocycles. The summed E-state index contributed by atoms with van der Waals surface area (Å²) in [5, 5.41) is 13.6. The molecule has 4 amide bonds. The first-order valence-electron chi connectivity index (χ1n) is 11.9. The van der Waals surface area contributed by atoms with Crippen LogP contribution in [-0.2, 0) is 28.6 Å². The highest BCUT2D eigenvalue weighted by Crippen LogP contribution is 2.33.